The van der Waals surface area contributed by atoms with Gasteiger partial charge in [-0.2, -0.15) is 4.98 Å². The largest absolute Gasteiger partial charge is 0.334 e. The van der Waals surface area contributed by atoms with Crippen molar-refractivity contribution in [2.45, 2.75) is 13.0 Å². The van der Waals surface area contributed by atoms with Crippen molar-refractivity contribution in [2.75, 3.05) is 4.90 Å². The fraction of sp³-hybridized carbons (Fsp3) is 0.0800. The lowest BCUT2D eigenvalue weighted by atomic mass is 9.94. The third kappa shape index (κ3) is 4.14. The Morgan fingerprint density at radius 3 is 2.40 bits per heavy atom. The van der Waals surface area contributed by atoms with Gasteiger partial charge in [0, 0.05) is 17.3 Å². The van der Waals surface area contributed by atoms with Gasteiger partial charge in [-0.25, -0.2) is 22.4 Å². The van der Waals surface area contributed by atoms with Gasteiger partial charge in [0.05, 0.1) is 17.3 Å². The van der Waals surface area contributed by atoms with Crippen LogP contribution >= 0.6 is 0 Å². The van der Waals surface area contributed by atoms with Gasteiger partial charge in [0.15, 0.2) is 11.6 Å². The van der Waals surface area contributed by atoms with Crippen LogP contribution in [0.4, 0.5) is 28.0 Å². The first-order valence-corrected chi connectivity index (χ1v) is 10.4. The van der Waals surface area contributed by atoms with Gasteiger partial charge in [-0.1, -0.05) is 17.3 Å². The minimum absolute atomic E-state index is 0.00340. The topological polar surface area (TPSA) is 71.3 Å². The molecule has 1 N–H and O–H groups in total. The van der Waals surface area contributed by atoms with Crippen LogP contribution < -0.4 is 10.2 Å². The van der Waals surface area contributed by atoms with E-state index >= 15 is 0 Å². The number of halogens is 4. The minimum Gasteiger partial charge on any atom is -0.334 e. The summed E-state index contributed by atoms with van der Waals surface area (Å²) in [7, 11) is 0. The fourth-order valence-corrected chi connectivity index (χ4v) is 3.94. The number of allylic oxidation sites excluding steroid dienone is 1. The van der Waals surface area contributed by atoms with E-state index in [4.69, 9.17) is 4.52 Å². The lowest BCUT2D eigenvalue weighted by Crippen LogP contribution is -2.46. The van der Waals surface area contributed by atoms with Crippen LogP contribution in [0.2, 0.25) is 0 Å². The van der Waals surface area contributed by atoms with Crippen molar-refractivity contribution in [3.05, 3.63) is 107 Å². The maximum absolute atomic E-state index is 14.0. The van der Waals surface area contributed by atoms with Crippen molar-refractivity contribution < 1.29 is 26.9 Å². The van der Waals surface area contributed by atoms with Crippen LogP contribution in [0.25, 0.3) is 17.0 Å². The summed E-state index contributed by atoms with van der Waals surface area (Å²) in [6, 6.07) is 12.6. The zero-order chi connectivity index (χ0) is 24.7. The third-order valence-corrected chi connectivity index (χ3v) is 5.59. The first-order valence-electron chi connectivity index (χ1n) is 10.4. The van der Waals surface area contributed by atoms with Gasteiger partial charge in [-0.05, 0) is 61.0 Å². The molecule has 0 bridgehead atoms. The molecule has 1 aliphatic heterocycles. The Balaban J connectivity index is 1.66. The summed E-state index contributed by atoms with van der Waals surface area (Å²) in [4.78, 5) is 18.6. The maximum Gasteiger partial charge on any atom is 0.327 e. The lowest BCUT2D eigenvalue weighted by molar-refractivity contribution is 0.244. The van der Waals surface area contributed by atoms with E-state index in [1.807, 2.05) is 0 Å². The number of aromatic nitrogens is 2. The number of nitrogens with zero attached hydrogens (tertiary/aromatic N) is 3. The van der Waals surface area contributed by atoms with Crippen LogP contribution in [-0.4, -0.2) is 16.2 Å². The average molecular weight is 480 g/mol. The zero-order valence-electron chi connectivity index (χ0n) is 18.1. The van der Waals surface area contributed by atoms with E-state index in [0.717, 1.165) is 17.0 Å². The van der Waals surface area contributed by atoms with Crippen LogP contribution in [0.5, 0.6) is 0 Å². The van der Waals surface area contributed by atoms with Gasteiger partial charge in [0.1, 0.15) is 11.6 Å². The number of urea groups is 1. The number of hydrogen-bond acceptors (Lipinski definition) is 4. The molecule has 1 aliphatic rings. The molecule has 35 heavy (non-hydrogen) atoms. The summed E-state index contributed by atoms with van der Waals surface area (Å²) >= 11 is 0. The van der Waals surface area contributed by atoms with Gasteiger partial charge in [0.2, 0.25) is 5.82 Å². The molecular formula is C25H16F4N4O2. The van der Waals surface area contributed by atoms with Crippen molar-refractivity contribution in [3.8, 4) is 11.4 Å². The highest BCUT2D eigenvalue weighted by atomic mass is 19.2. The van der Waals surface area contributed by atoms with E-state index < -0.39 is 35.3 Å². The van der Waals surface area contributed by atoms with Crippen molar-refractivity contribution in [2.24, 2.45) is 0 Å². The average Bonchev–Trinajstić information content (AvgIpc) is 3.31. The standard InChI is InChI=1S/C25H16F4N4O2/c1-13-21(24-31-23(32-35-24)14-5-7-16(26)8-6-14)22(15-3-2-4-17(27)11-15)30-25(34)33(13)18-9-10-19(28)20(29)12-18/h2-12,22H,1H3,(H,30,34). The number of nitrogens with one attached hydrogen (secondary N) is 1. The van der Waals surface area contributed by atoms with E-state index in [1.165, 1.54) is 48.5 Å². The zero-order valence-corrected chi connectivity index (χ0v) is 18.1. The van der Waals surface area contributed by atoms with E-state index in [9.17, 15) is 22.4 Å². The molecule has 2 heterocycles. The first kappa shape index (κ1) is 22.3. The second kappa shape index (κ2) is 8.71. The summed E-state index contributed by atoms with van der Waals surface area (Å²) in [5.74, 6) is -2.98. The third-order valence-electron chi connectivity index (χ3n) is 5.59. The number of rotatable bonds is 4. The highest BCUT2D eigenvalue weighted by molar-refractivity contribution is 6.01. The quantitative estimate of drug-likeness (QED) is 0.364. The minimum atomic E-state index is -1.13. The second-order valence-electron chi connectivity index (χ2n) is 7.80. The Morgan fingerprint density at radius 2 is 1.69 bits per heavy atom. The molecule has 10 heteroatoms. The van der Waals surface area contributed by atoms with Crippen molar-refractivity contribution >= 4 is 17.3 Å². The Hall–Kier alpha value is -4.47. The Bertz CT molecular complexity index is 1470. The molecule has 1 unspecified atom stereocenters. The number of amides is 2. The van der Waals surface area contributed by atoms with Crippen molar-refractivity contribution in [1.29, 1.82) is 0 Å². The van der Waals surface area contributed by atoms with Crippen LogP contribution in [-0.2, 0) is 0 Å². The molecule has 0 radical (unpaired) electrons. The maximum atomic E-state index is 14.0. The monoisotopic (exact) mass is 480 g/mol. The van der Waals surface area contributed by atoms with Crippen LogP contribution in [0.1, 0.15) is 24.4 Å². The molecule has 4 aromatic rings. The molecule has 0 saturated carbocycles. The molecule has 1 aromatic heterocycles. The molecule has 176 valence electrons. The summed E-state index contributed by atoms with van der Waals surface area (Å²) < 4.78 is 60.3. The van der Waals surface area contributed by atoms with Gasteiger partial charge in [0.25, 0.3) is 5.89 Å². The molecule has 0 aliphatic carbocycles. The molecule has 6 nitrogen and oxygen atoms in total. The summed E-state index contributed by atoms with van der Waals surface area (Å²) in [6.07, 6.45) is 0. The molecule has 1 atom stereocenters. The summed E-state index contributed by atoms with van der Waals surface area (Å²) in [5.41, 5.74) is 1.55. The normalized spacial score (nSPS) is 16.0. The van der Waals surface area contributed by atoms with Gasteiger partial charge in [-0.3, -0.25) is 4.90 Å². The van der Waals surface area contributed by atoms with Crippen LogP contribution in [0.3, 0.4) is 0 Å². The number of carbonyl (C=O) groups is 1. The van der Waals surface area contributed by atoms with Gasteiger partial charge >= 0.3 is 6.03 Å². The SMILES string of the molecule is CC1=C(c2nc(-c3ccc(F)cc3)no2)C(c2cccc(F)c2)NC(=O)N1c1ccc(F)c(F)c1. The highest BCUT2D eigenvalue weighted by Gasteiger charge is 2.37. The number of hydrogen-bond donors (Lipinski definition) is 1. The van der Waals surface area contributed by atoms with Crippen molar-refractivity contribution in [1.82, 2.24) is 15.5 Å². The molecule has 3 aromatic carbocycles. The number of benzene rings is 3. The van der Waals surface area contributed by atoms with Crippen molar-refractivity contribution in [3.63, 3.8) is 0 Å². The molecule has 5 rings (SSSR count). The molecule has 0 spiro atoms. The Morgan fingerprint density at radius 1 is 0.914 bits per heavy atom. The second-order valence-corrected chi connectivity index (χ2v) is 7.80. The van der Waals surface area contributed by atoms with Crippen LogP contribution in [0.15, 0.2) is 77.0 Å². The first-order chi connectivity index (χ1) is 16.8. The molecular weight excluding hydrogens is 464 g/mol. The molecule has 0 fully saturated rings. The molecule has 0 saturated heterocycles. The van der Waals surface area contributed by atoms with Gasteiger partial charge < -0.3 is 9.84 Å². The predicted molar refractivity (Wildman–Crippen MR) is 119 cm³/mol. The predicted octanol–water partition coefficient (Wildman–Crippen LogP) is 6.00. The fourth-order valence-electron chi connectivity index (χ4n) is 3.94. The van der Waals surface area contributed by atoms with E-state index in [2.05, 4.69) is 15.5 Å². The van der Waals surface area contributed by atoms with Crippen LogP contribution in [0, 0.1) is 23.3 Å². The number of carbonyl (C=O) groups excluding carboxylic acids is 1. The molecule has 2 amide bonds. The van der Waals surface area contributed by atoms with Gasteiger partial charge in [-0.15, -0.1) is 0 Å². The van der Waals surface area contributed by atoms with E-state index in [1.54, 1.807) is 13.0 Å². The Kier molecular flexibility index (Phi) is 5.56. The summed E-state index contributed by atoms with van der Waals surface area (Å²) in [6.45, 7) is 1.57. The Labute approximate surface area is 196 Å². The van der Waals surface area contributed by atoms with E-state index in [0.29, 0.717) is 16.7 Å². The highest BCUT2D eigenvalue weighted by Crippen LogP contribution is 2.39. The van der Waals surface area contributed by atoms with E-state index in [-0.39, 0.29) is 23.1 Å². The lowest BCUT2D eigenvalue weighted by Gasteiger charge is -2.35. The number of anilines is 1. The smallest absolute Gasteiger partial charge is 0.327 e. The summed E-state index contributed by atoms with van der Waals surface area (Å²) in [5, 5.41) is 6.70.